The Kier molecular flexibility index (Phi) is 4.48. The highest BCUT2D eigenvalue weighted by Crippen LogP contribution is 2.38. The molecule has 0 saturated carbocycles. The minimum Gasteiger partial charge on any atom is -0.463 e. The molecule has 0 aliphatic rings. The number of nitrogens with zero attached hydrogens (tertiary/aromatic N) is 1. The summed E-state index contributed by atoms with van der Waals surface area (Å²) in [6.07, 6.45) is 1.56. The molecule has 6 heteroatoms. The van der Waals surface area contributed by atoms with Crippen LogP contribution in [0.3, 0.4) is 0 Å². The predicted molar refractivity (Wildman–Crippen MR) is 83.0 cm³/mol. The topological polar surface area (TPSA) is 61.6 Å². The molecule has 0 spiro atoms. The fourth-order valence-corrected chi connectivity index (χ4v) is 3.29. The van der Waals surface area contributed by atoms with Gasteiger partial charge in [-0.25, -0.2) is 4.79 Å². The van der Waals surface area contributed by atoms with Crippen molar-refractivity contribution in [2.45, 2.75) is 33.4 Å². The van der Waals surface area contributed by atoms with Gasteiger partial charge in [0.05, 0.1) is 18.9 Å². The van der Waals surface area contributed by atoms with Crippen LogP contribution in [0.25, 0.3) is 11.0 Å². The molecule has 1 unspecified atom stereocenters. The minimum absolute atomic E-state index is 0.0903. The van der Waals surface area contributed by atoms with Crippen LogP contribution in [0.2, 0.25) is 6.55 Å². The molecule has 0 aliphatic carbocycles. The Morgan fingerprint density at radius 1 is 1.43 bits per heavy atom. The van der Waals surface area contributed by atoms with Gasteiger partial charge < -0.3 is 13.6 Å². The van der Waals surface area contributed by atoms with Crippen molar-refractivity contribution in [2.75, 3.05) is 7.11 Å². The molecule has 0 N–H and O–H groups in total. The number of fused-ring (bicyclic) bond motifs is 1. The Morgan fingerprint density at radius 2 is 2.14 bits per heavy atom. The fraction of sp³-hybridized carbons (Fsp3) is 0.467. The zero-order valence-electron chi connectivity index (χ0n) is 13.1. The van der Waals surface area contributed by atoms with Crippen molar-refractivity contribution in [1.82, 2.24) is 4.98 Å². The van der Waals surface area contributed by atoms with Crippen LogP contribution in [0.5, 0.6) is 0 Å². The third-order valence-corrected chi connectivity index (χ3v) is 3.90. The maximum Gasteiger partial charge on any atom is 0.373 e. The molecule has 0 radical (unpaired) electrons. The van der Waals surface area contributed by atoms with Crippen LogP contribution in [0.4, 0.5) is 0 Å². The van der Waals surface area contributed by atoms with E-state index in [0.29, 0.717) is 5.58 Å². The van der Waals surface area contributed by atoms with Crippen molar-refractivity contribution in [3.05, 3.63) is 29.8 Å². The Hall–Kier alpha value is -1.66. The molecule has 21 heavy (non-hydrogen) atoms. The quantitative estimate of drug-likeness (QED) is 0.642. The second-order valence-electron chi connectivity index (χ2n) is 5.91. The number of esters is 1. The summed E-state index contributed by atoms with van der Waals surface area (Å²) in [5.41, 5.74) is 1.34. The lowest BCUT2D eigenvalue weighted by atomic mass is 9.86. The Morgan fingerprint density at radius 3 is 2.71 bits per heavy atom. The van der Waals surface area contributed by atoms with E-state index in [1.807, 2.05) is 0 Å². The molecule has 5 nitrogen and oxygen atoms in total. The van der Waals surface area contributed by atoms with E-state index in [1.54, 1.807) is 18.3 Å². The lowest BCUT2D eigenvalue weighted by Crippen LogP contribution is -2.23. The van der Waals surface area contributed by atoms with Gasteiger partial charge in [0.25, 0.3) is 0 Å². The number of hydrogen-bond donors (Lipinski definition) is 0. The van der Waals surface area contributed by atoms with Crippen molar-refractivity contribution < 1.29 is 18.4 Å². The van der Waals surface area contributed by atoms with Gasteiger partial charge in [-0.3, -0.25) is 4.98 Å². The molecule has 2 aromatic heterocycles. The van der Waals surface area contributed by atoms with Gasteiger partial charge in [-0.2, -0.15) is 0 Å². The highest BCUT2D eigenvalue weighted by atomic mass is 28.2. The number of pyridine rings is 1. The van der Waals surface area contributed by atoms with Crippen LogP contribution in [-0.2, 0) is 9.16 Å². The van der Waals surface area contributed by atoms with E-state index in [-0.39, 0.29) is 17.3 Å². The molecule has 1 atom stereocenters. The highest BCUT2D eigenvalue weighted by molar-refractivity contribution is 6.24. The largest absolute Gasteiger partial charge is 0.463 e. The van der Waals surface area contributed by atoms with Gasteiger partial charge in [0, 0.05) is 17.6 Å². The molecule has 2 aromatic rings. The van der Waals surface area contributed by atoms with Crippen LogP contribution >= 0.6 is 0 Å². The number of furan rings is 1. The second kappa shape index (κ2) is 5.99. The molecule has 0 aromatic carbocycles. The number of methoxy groups -OCH3 is 1. The van der Waals surface area contributed by atoms with Crippen LogP contribution in [0, 0.1) is 5.41 Å². The summed E-state index contributed by atoms with van der Waals surface area (Å²) in [5.74, 6) is -0.307. The fourth-order valence-electron chi connectivity index (χ4n) is 2.30. The third kappa shape index (κ3) is 3.16. The van der Waals surface area contributed by atoms with Gasteiger partial charge in [-0.1, -0.05) is 27.3 Å². The number of hydrogen-bond acceptors (Lipinski definition) is 5. The normalized spacial score (nSPS) is 14.0. The molecule has 114 valence electrons. The summed E-state index contributed by atoms with van der Waals surface area (Å²) in [4.78, 5) is 16.1. The molecule has 0 saturated heterocycles. The second-order valence-corrected chi connectivity index (χ2v) is 6.82. The monoisotopic (exact) mass is 307 g/mol. The molecular formula is C15H21NO4Si. The van der Waals surface area contributed by atoms with Gasteiger partial charge in [0.2, 0.25) is 5.76 Å². The number of carbonyl (C=O) groups is 1. The van der Waals surface area contributed by atoms with Crippen molar-refractivity contribution in [3.8, 4) is 0 Å². The van der Waals surface area contributed by atoms with E-state index in [1.165, 1.54) is 7.11 Å². The van der Waals surface area contributed by atoms with Crippen LogP contribution < -0.4 is 0 Å². The van der Waals surface area contributed by atoms with E-state index >= 15 is 0 Å². The molecule has 2 heterocycles. The van der Waals surface area contributed by atoms with Gasteiger partial charge in [-0.15, -0.1) is 0 Å². The first-order chi connectivity index (χ1) is 9.88. The molecular weight excluding hydrogens is 286 g/mol. The first kappa shape index (κ1) is 15.7. The molecule has 0 fully saturated rings. The number of rotatable bonds is 4. The summed E-state index contributed by atoms with van der Waals surface area (Å²) < 4.78 is 16.3. The summed E-state index contributed by atoms with van der Waals surface area (Å²) >= 11 is 0. The average Bonchev–Trinajstić information content (AvgIpc) is 2.86. The van der Waals surface area contributed by atoms with E-state index in [9.17, 15) is 4.79 Å². The lowest BCUT2D eigenvalue weighted by molar-refractivity contribution is 0.0567. The van der Waals surface area contributed by atoms with Gasteiger partial charge in [0.15, 0.2) is 9.76 Å². The van der Waals surface area contributed by atoms with E-state index in [2.05, 4.69) is 32.3 Å². The molecule has 0 bridgehead atoms. The smallest absolute Gasteiger partial charge is 0.373 e. The summed E-state index contributed by atoms with van der Waals surface area (Å²) in [6, 6.07) is 3.43. The van der Waals surface area contributed by atoms with Crippen molar-refractivity contribution in [2.24, 2.45) is 5.41 Å². The molecule has 2 rings (SSSR count). The zero-order chi connectivity index (χ0) is 15.6. The van der Waals surface area contributed by atoms with Crippen LogP contribution in [-0.4, -0.2) is 27.8 Å². The number of carbonyl (C=O) groups excluding carboxylic acids is 1. The summed E-state index contributed by atoms with van der Waals surface area (Å²) in [7, 11) is 0.733. The first-order valence-electron chi connectivity index (χ1n) is 6.96. The van der Waals surface area contributed by atoms with Gasteiger partial charge in [0.1, 0.15) is 5.58 Å². The lowest BCUT2D eigenvalue weighted by Gasteiger charge is -2.30. The maximum atomic E-state index is 11.6. The van der Waals surface area contributed by atoms with Crippen molar-refractivity contribution in [1.29, 1.82) is 0 Å². The van der Waals surface area contributed by atoms with Crippen molar-refractivity contribution in [3.63, 3.8) is 0 Å². The Bertz CT molecular complexity index is 645. The molecule has 0 amide bonds. The maximum absolute atomic E-state index is 11.6. The minimum atomic E-state index is -0.599. The number of aromatic nitrogens is 1. The SMILES string of the molecule is COC(=O)c1cc2c(C(O[SiH2]C)C(C)(C)C)nccc2o1. The standard InChI is InChI=1S/C15H21NO4Si/c1-15(2,3)13(20-21-5)12-9-8-11(14(17)18-4)19-10(9)6-7-16-12/h6-8,13H,21H2,1-5H3. The average molecular weight is 307 g/mol. The Labute approximate surface area is 126 Å². The summed E-state index contributed by atoms with van der Waals surface area (Å²) in [5, 5.41) is 0.806. The van der Waals surface area contributed by atoms with Gasteiger partial charge in [-0.05, 0) is 11.5 Å². The van der Waals surface area contributed by atoms with Gasteiger partial charge >= 0.3 is 5.97 Å². The predicted octanol–water partition coefficient (Wildman–Crippen LogP) is 2.85. The Balaban J connectivity index is 2.57. The van der Waals surface area contributed by atoms with Crippen molar-refractivity contribution >= 4 is 26.7 Å². The first-order valence-corrected chi connectivity index (χ1v) is 8.96. The van der Waals surface area contributed by atoms with Crippen LogP contribution in [0.1, 0.15) is 43.1 Å². The van der Waals surface area contributed by atoms with E-state index < -0.39 is 15.7 Å². The number of ether oxygens (including phenoxy) is 1. The van der Waals surface area contributed by atoms with E-state index in [4.69, 9.17) is 13.6 Å². The van der Waals surface area contributed by atoms with E-state index in [0.717, 1.165) is 11.1 Å². The highest BCUT2D eigenvalue weighted by Gasteiger charge is 2.30. The summed E-state index contributed by atoms with van der Waals surface area (Å²) in [6.45, 7) is 8.44. The third-order valence-electron chi connectivity index (χ3n) is 3.23. The molecule has 0 aliphatic heterocycles. The van der Waals surface area contributed by atoms with Crippen LogP contribution in [0.15, 0.2) is 22.7 Å². The zero-order valence-corrected chi connectivity index (χ0v) is 14.5.